The van der Waals surface area contributed by atoms with Crippen molar-refractivity contribution >= 4 is 23.4 Å². The molecule has 1 atom stereocenters. The van der Waals surface area contributed by atoms with Gasteiger partial charge in [0.2, 0.25) is 5.91 Å². The first-order chi connectivity index (χ1) is 8.69. The molecule has 0 radical (unpaired) electrons. The summed E-state index contributed by atoms with van der Waals surface area (Å²) in [5.41, 5.74) is 6.26. The fourth-order valence-electron chi connectivity index (χ4n) is 1.36. The maximum atomic E-state index is 12.1. The number of thioether (sulfide) groups is 1. The lowest BCUT2D eigenvalue weighted by molar-refractivity contribution is -0.116. The van der Waals surface area contributed by atoms with Crippen LogP contribution in [0.3, 0.4) is 0 Å². The number of nitrogens with zero attached hydrogens (tertiary/aromatic N) is 2. The van der Waals surface area contributed by atoms with Crippen LogP contribution in [0.1, 0.15) is 6.92 Å². The van der Waals surface area contributed by atoms with Crippen molar-refractivity contribution in [3.05, 3.63) is 30.3 Å². The van der Waals surface area contributed by atoms with Crippen LogP contribution < -0.4 is 10.6 Å². The third kappa shape index (κ3) is 4.40. The van der Waals surface area contributed by atoms with E-state index < -0.39 is 0 Å². The second-order valence-electron chi connectivity index (χ2n) is 3.83. The van der Waals surface area contributed by atoms with Gasteiger partial charge in [-0.2, -0.15) is 5.26 Å². The van der Waals surface area contributed by atoms with Crippen LogP contribution in [0.25, 0.3) is 0 Å². The number of amides is 1. The van der Waals surface area contributed by atoms with Crippen molar-refractivity contribution in [1.82, 2.24) is 0 Å². The predicted molar refractivity (Wildman–Crippen MR) is 75.4 cm³/mol. The zero-order valence-corrected chi connectivity index (χ0v) is 11.2. The molecule has 1 rings (SSSR count). The SMILES string of the molecule is CC(CN)SCC(=O)N(CC#N)c1ccccc1. The van der Waals surface area contributed by atoms with Crippen LogP contribution in [0, 0.1) is 11.3 Å². The van der Waals surface area contributed by atoms with Gasteiger partial charge < -0.3 is 5.73 Å². The number of hydrogen-bond donors (Lipinski definition) is 1. The van der Waals surface area contributed by atoms with Gasteiger partial charge in [-0.3, -0.25) is 9.69 Å². The fraction of sp³-hybridized carbons (Fsp3) is 0.385. The number of carbonyl (C=O) groups excluding carboxylic acids is 1. The molecule has 0 saturated heterocycles. The molecule has 0 aromatic heterocycles. The quantitative estimate of drug-likeness (QED) is 0.792. The van der Waals surface area contributed by atoms with E-state index >= 15 is 0 Å². The summed E-state index contributed by atoms with van der Waals surface area (Å²) < 4.78 is 0. The van der Waals surface area contributed by atoms with Crippen LogP contribution in [0.2, 0.25) is 0 Å². The van der Waals surface area contributed by atoms with Crippen molar-refractivity contribution < 1.29 is 4.79 Å². The Balaban J connectivity index is 2.68. The molecule has 2 N–H and O–H groups in total. The molecule has 0 fully saturated rings. The molecule has 1 unspecified atom stereocenters. The molecule has 1 amide bonds. The Morgan fingerprint density at radius 2 is 2.17 bits per heavy atom. The summed E-state index contributed by atoms with van der Waals surface area (Å²) in [7, 11) is 0. The molecule has 0 aliphatic heterocycles. The number of nitrogens with two attached hydrogens (primary N) is 1. The van der Waals surface area contributed by atoms with Gasteiger partial charge in [0, 0.05) is 17.5 Å². The zero-order chi connectivity index (χ0) is 13.4. The fourth-order valence-corrected chi connectivity index (χ4v) is 2.08. The van der Waals surface area contributed by atoms with E-state index in [0.29, 0.717) is 12.3 Å². The Labute approximate surface area is 112 Å². The number of hydrogen-bond acceptors (Lipinski definition) is 4. The Hall–Kier alpha value is -1.51. The maximum Gasteiger partial charge on any atom is 0.237 e. The van der Waals surface area contributed by atoms with Crippen LogP contribution in [0.5, 0.6) is 0 Å². The van der Waals surface area contributed by atoms with Gasteiger partial charge in [-0.1, -0.05) is 25.1 Å². The molecule has 1 aromatic rings. The van der Waals surface area contributed by atoms with Crippen molar-refractivity contribution in [3.8, 4) is 6.07 Å². The van der Waals surface area contributed by atoms with E-state index in [1.165, 1.54) is 16.7 Å². The topological polar surface area (TPSA) is 70.1 Å². The first-order valence-corrected chi connectivity index (χ1v) is 6.78. The molecule has 0 aliphatic rings. The number of nitriles is 1. The lowest BCUT2D eigenvalue weighted by atomic mass is 10.3. The number of carbonyl (C=O) groups is 1. The average molecular weight is 263 g/mol. The second-order valence-corrected chi connectivity index (χ2v) is 5.26. The van der Waals surface area contributed by atoms with Crippen molar-refractivity contribution in [1.29, 1.82) is 5.26 Å². The Morgan fingerprint density at radius 1 is 1.50 bits per heavy atom. The molecule has 0 aliphatic carbocycles. The summed E-state index contributed by atoms with van der Waals surface area (Å²) >= 11 is 1.51. The number of benzene rings is 1. The summed E-state index contributed by atoms with van der Waals surface area (Å²) in [4.78, 5) is 13.6. The normalized spacial score (nSPS) is 11.6. The largest absolute Gasteiger partial charge is 0.329 e. The van der Waals surface area contributed by atoms with Crippen molar-refractivity contribution in [3.63, 3.8) is 0 Å². The monoisotopic (exact) mass is 263 g/mol. The summed E-state index contributed by atoms with van der Waals surface area (Å²) in [5, 5.41) is 9.04. The Kier molecular flexibility index (Phi) is 6.26. The average Bonchev–Trinajstić information content (AvgIpc) is 2.42. The minimum Gasteiger partial charge on any atom is -0.329 e. The van der Waals surface area contributed by atoms with Gasteiger partial charge in [-0.05, 0) is 12.1 Å². The molecule has 0 saturated carbocycles. The van der Waals surface area contributed by atoms with E-state index in [4.69, 9.17) is 11.0 Å². The van der Waals surface area contributed by atoms with Gasteiger partial charge in [-0.15, -0.1) is 11.8 Å². The van der Waals surface area contributed by atoms with Gasteiger partial charge in [0.1, 0.15) is 6.54 Å². The van der Waals surface area contributed by atoms with Gasteiger partial charge >= 0.3 is 0 Å². The van der Waals surface area contributed by atoms with Crippen molar-refractivity contribution in [2.24, 2.45) is 5.73 Å². The highest BCUT2D eigenvalue weighted by Gasteiger charge is 2.16. The van der Waals surface area contributed by atoms with Crippen LogP contribution in [0.15, 0.2) is 30.3 Å². The zero-order valence-electron chi connectivity index (χ0n) is 10.4. The molecule has 5 heteroatoms. The van der Waals surface area contributed by atoms with Crippen LogP contribution >= 0.6 is 11.8 Å². The molecule has 0 bridgehead atoms. The van der Waals surface area contributed by atoms with Gasteiger partial charge in [0.15, 0.2) is 0 Å². The molecule has 0 heterocycles. The molecule has 18 heavy (non-hydrogen) atoms. The van der Waals surface area contributed by atoms with Gasteiger partial charge in [0.25, 0.3) is 0 Å². The van der Waals surface area contributed by atoms with Crippen LogP contribution in [0.4, 0.5) is 5.69 Å². The Bertz CT molecular complexity index is 416. The number of anilines is 1. The van der Waals surface area contributed by atoms with Gasteiger partial charge in [0.05, 0.1) is 11.8 Å². The van der Waals surface area contributed by atoms with Crippen LogP contribution in [-0.4, -0.2) is 30.0 Å². The third-order valence-electron chi connectivity index (χ3n) is 2.42. The standard InChI is InChI=1S/C13H17N3OS/c1-11(9-15)18-10-13(17)16(8-7-14)12-5-3-2-4-6-12/h2-6,11H,8-10,15H2,1H3. The summed E-state index contributed by atoms with van der Waals surface area (Å²) in [6, 6.07) is 11.2. The van der Waals surface area contributed by atoms with E-state index in [1.54, 1.807) is 0 Å². The first-order valence-electron chi connectivity index (χ1n) is 5.73. The summed E-state index contributed by atoms with van der Waals surface area (Å²) in [6.45, 7) is 2.59. The highest BCUT2D eigenvalue weighted by Crippen LogP contribution is 2.16. The molecule has 4 nitrogen and oxygen atoms in total. The maximum absolute atomic E-state index is 12.1. The minimum absolute atomic E-state index is 0.0620. The van der Waals surface area contributed by atoms with E-state index in [9.17, 15) is 4.79 Å². The third-order valence-corrected chi connectivity index (χ3v) is 3.60. The van der Waals surface area contributed by atoms with Crippen molar-refractivity contribution in [2.75, 3.05) is 23.7 Å². The highest BCUT2D eigenvalue weighted by atomic mass is 32.2. The van der Waals surface area contributed by atoms with E-state index in [2.05, 4.69) is 0 Å². The van der Waals surface area contributed by atoms with E-state index in [1.807, 2.05) is 43.3 Å². The summed E-state index contributed by atoms with van der Waals surface area (Å²) in [5.74, 6) is 0.280. The summed E-state index contributed by atoms with van der Waals surface area (Å²) in [6.07, 6.45) is 0. The Morgan fingerprint density at radius 3 is 2.72 bits per heavy atom. The number of rotatable bonds is 6. The molecular weight excluding hydrogens is 246 g/mol. The molecular formula is C13H17N3OS. The smallest absolute Gasteiger partial charge is 0.237 e. The molecule has 1 aromatic carbocycles. The lowest BCUT2D eigenvalue weighted by Crippen LogP contribution is -2.33. The van der Waals surface area contributed by atoms with E-state index in [-0.39, 0.29) is 17.7 Å². The van der Waals surface area contributed by atoms with Crippen LogP contribution in [-0.2, 0) is 4.79 Å². The highest BCUT2D eigenvalue weighted by molar-refractivity contribution is 8.00. The minimum atomic E-state index is -0.0620. The lowest BCUT2D eigenvalue weighted by Gasteiger charge is -2.20. The second kappa shape index (κ2) is 7.75. The molecule has 0 spiro atoms. The number of para-hydroxylation sites is 1. The van der Waals surface area contributed by atoms with E-state index in [0.717, 1.165) is 5.69 Å². The molecule has 96 valence electrons. The van der Waals surface area contributed by atoms with Crippen molar-refractivity contribution in [2.45, 2.75) is 12.2 Å². The first kappa shape index (κ1) is 14.6. The van der Waals surface area contributed by atoms with Gasteiger partial charge in [-0.25, -0.2) is 0 Å². The predicted octanol–water partition coefficient (Wildman–Crippen LogP) is 1.62.